The quantitative estimate of drug-likeness (QED) is 0.584. The summed E-state index contributed by atoms with van der Waals surface area (Å²) in [6.07, 6.45) is 5.91. The van der Waals surface area contributed by atoms with Gasteiger partial charge < -0.3 is 9.64 Å². The largest absolute Gasteiger partial charge is 0.377 e. The summed E-state index contributed by atoms with van der Waals surface area (Å²) in [4.78, 5) is 13.3. The van der Waals surface area contributed by atoms with Gasteiger partial charge in [0.1, 0.15) is 0 Å². The molecule has 0 aromatic carbocycles. The monoisotopic (exact) mass is 193 g/mol. The number of carbonyl (C=O) groups excluding carboxylic acids is 1. The Hall–Kier alpha value is -1.09. The molecule has 0 bridgehead atoms. The van der Waals surface area contributed by atoms with Gasteiger partial charge in [-0.25, -0.2) is 0 Å². The van der Waals surface area contributed by atoms with Gasteiger partial charge in [0, 0.05) is 19.2 Å². The fourth-order valence-corrected chi connectivity index (χ4v) is 1.77. The molecule has 1 fully saturated rings. The fraction of sp³-hybridized carbons (Fsp3) is 0.545. The molecule has 2 aliphatic rings. The average molecular weight is 193 g/mol. The van der Waals surface area contributed by atoms with Crippen LogP contribution in [0.4, 0.5) is 0 Å². The Bertz CT molecular complexity index is 304. The minimum Gasteiger partial charge on any atom is -0.377 e. The number of nitrogens with zero attached hydrogens (tertiary/aromatic N) is 1. The lowest BCUT2D eigenvalue weighted by Gasteiger charge is -2.10. The summed E-state index contributed by atoms with van der Waals surface area (Å²) in [7, 11) is 1.85. The number of hydrogen-bond donors (Lipinski definition) is 0. The number of likely N-dealkylation sites (tertiary alicyclic amines) is 1. The van der Waals surface area contributed by atoms with Crippen molar-refractivity contribution in [3.8, 4) is 0 Å². The second kappa shape index (κ2) is 3.96. The zero-order valence-electron chi connectivity index (χ0n) is 8.45. The summed E-state index contributed by atoms with van der Waals surface area (Å²) < 4.78 is 5.21. The number of ether oxygens (including phenoxy) is 1. The first kappa shape index (κ1) is 9.46. The molecule has 3 nitrogen and oxygen atoms in total. The summed E-state index contributed by atoms with van der Waals surface area (Å²) in [6, 6.07) is 0. The van der Waals surface area contributed by atoms with Gasteiger partial charge >= 0.3 is 0 Å². The summed E-state index contributed by atoms with van der Waals surface area (Å²) >= 11 is 0. The Balaban J connectivity index is 2.10. The molecule has 76 valence electrons. The molecule has 2 aliphatic heterocycles. The van der Waals surface area contributed by atoms with Crippen molar-refractivity contribution in [2.24, 2.45) is 0 Å². The van der Waals surface area contributed by atoms with E-state index in [-0.39, 0.29) is 5.91 Å². The number of hydrogen-bond acceptors (Lipinski definition) is 2. The second-order valence-corrected chi connectivity index (χ2v) is 3.75. The molecule has 1 amide bonds. The third-order valence-corrected chi connectivity index (χ3v) is 2.70. The first-order chi connectivity index (χ1) is 6.77. The van der Waals surface area contributed by atoms with E-state index >= 15 is 0 Å². The first-order valence-electron chi connectivity index (χ1n) is 5.00. The van der Waals surface area contributed by atoms with E-state index in [1.807, 2.05) is 13.1 Å². The Morgan fingerprint density at radius 3 is 2.93 bits per heavy atom. The van der Waals surface area contributed by atoms with Crippen molar-refractivity contribution < 1.29 is 9.53 Å². The first-order valence-corrected chi connectivity index (χ1v) is 5.00. The zero-order valence-corrected chi connectivity index (χ0v) is 8.45. The Morgan fingerprint density at radius 2 is 2.36 bits per heavy atom. The van der Waals surface area contributed by atoms with Gasteiger partial charge in [-0.05, 0) is 18.4 Å². The van der Waals surface area contributed by atoms with Gasteiger partial charge in [-0.3, -0.25) is 4.79 Å². The molecule has 2 rings (SSSR count). The second-order valence-electron chi connectivity index (χ2n) is 3.75. The van der Waals surface area contributed by atoms with E-state index in [1.165, 1.54) is 5.57 Å². The van der Waals surface area contributed by atoms with Gasteiger partial charge in [0.2, 0.25) is 5.91 Å². The lowest BCUT2D eigenvalue weighted by molar-refractivity contribution is -0.123. The molecule has 0 aromatic rings. The average Bonchev–Trinajstić information content (AvgIpc) is 2.52. The molecule has 3 heteroatoms. The number of rotatable bonds is 1. The van der Waals surface area contributed by atoms with Crippen LogP contribution in [0, 0.1) is 0 Å². The molecule has 14 heavy (non-hydrogen) atoms. The van der Waals surface area contributed by atoms with E-state index in [9.17, 15) is 4.79 Å². The van der Waals surface area contributed by atoms with Crippen LogP contribution in [-0.2, 0) is 9.53 Å². The highest BCUT2D eigenvalue weighted by atomic mass is 16.5. The molecule has 0 atom stereocenters. The van der Waals surface area contributed by atoms with Crippen molar-refractivity contribution in [2.45, 2.75) is 12.8 Å². The van der Waals surface area contributed by atoms with Crippen LogP contribution in [0.5, 0.6) is 0 Å². The molecule has 0 aliphatic carbocycles. The molecule has 0 radical (unpaired) electrons. The van der Waals surface area contributed by atoms with E-state index in [0.717, 1.165) is 31.6 Å². The molecular formula is C11H15NO2. The molecule has 0 unspecified atom stereocenters. The van der Waals surface area contributed by atoms with Gasteiger partial charge in [-0.1, -0.05) is 12.2 Å². The van der Waals surface area contributed by atoms with Crippen molar-refractivity contribution in [3.05, 3.63) is 23.3 Å². The van der Waals surface area contributed by atoms with Crippen molar-refractivity contribution in [1.29, 1.82) is 0 Å². The van der Waals surface area contributed by atoms with Gasteiger partial charge in [0.25, 0.3) is 0 Å². The number of allylic oxidation sites excluding steroid dienone is 1. The minimum absolute atomic E-state index is 0.178. The van der Waals surface area contributed by atoms with Gasteiger partial charge in [-0.15, -0.1) is 0 Å². The highest BCUT2D eigenvalue weighted by molar-refractivity contribution is 5.95. The van der Waals surface area contributed by atoms with E-state index in [2.05, 4.69) is 6.08 Å². The lowest BCUT2D eigenvalue weighted by Crippen LogP contribution is -2.19. The van der Waals surface area contributed by atoms with Crippen LogP contribution in [0.1, 0.15) is 12.8 Å². The third kappa shape index (κ3) is 1.87. The molecule has 0 N–H and O–H groups in total. The highest BCUT2D eigenvalue weighted by Crippen LogP contribution is 2.19. The van der Waals surface area contributed by atoms with Crippen LogP contribution in [0.15, 0.2) is 23.3 Å². The van der Waals surface area contributed by atoms with Crippen LogP contribution in [0.2, 0.25) is 0 Å². The Morgan fingerprint density at radius 1 is 1.50 bits per heavy atom. The molecule has 1 saturated heterocycles. The van der Waals surface area contributed by atoms with Gasteiger partial charge in [0.15, 0.2) is 0 Å². The van der Waals surface area contributed by atoms with Gasteiger partial charge in [0.05, 0.1) is 13.2 Å². The Kier molecular flexibility index (Phi) is 2.68. The standard InChI is InChI=1S/C11H15NO2/c1-12-5-2-10(11(12)13)8-9-3-6-14-7-4-9/h3,8H,2,4-7H2,1H3/b10-8+. The van der Waals surface area contributed by atoms with Crippen molar-refractivity contribution in [1.82, 2.24) is 4.90 Å². The smallest absolute Gasteiger partial charge is 0.249 e. The van der Waals surface area contributed by atoms with Crippen molar-refractivity contribution in [2.75, 3.05) is 26.8 Å². The molecule has 2 heterocycles. The van der Waals surface area contributed by atoms with Crippen molar-refractivity contribution >= 4 is 5.91 Å². The van der Waals surface area contributed by atoms with E-state index in [1.54, 1.807) is 4.90 Å². The number of likely N-dealkylation sites (N-methyl/N-ethyl adjacent to an activating group) is 1. The molecule has 0 aromatic heterocycles. The van der Waals surface area contributed by atoms with Crippen LogP contribution in [-0.4, -0.2) is 37.6 Å². The molecule has 0 spiro atoms. The lowest BCUT2D eigenvalue weighted by atomic mass is 10.1. The summed E-state index contributed by atoms with van der Waals surface area (Å²) in [6.45, 7) is 2.32. The zero-order chi connectivity index (χ0) is 9.97. The van der Waals surface area contributed by atoms with Gasteiger partial charge in [-0.2, -0.15) is 0 Å². The van der Waals surface area contributed by atoms with Crippen molar-refractivity contribution in [3.63, 3.8) is 0 Å². The van der Waals surface area contributed by atoms with Crippen LogP contribution < -0.4 is 0 Å². The minimum atomic E-state index is 0.178. The molecular weight excluding hydrogens is 178 g/mol. The summed E-state index contributed by atoms with van der Waals surface area (Å²) in [5.41, 5.74) is 2.19. The van der Waals surface area contributed by atoms with Crippen LogP contribution in [0.25, 0.3) is 0 Å². The maximum Gasteiger partial charge on any atom is 0.249 e. The third-order valence-electron chi connectivity index (χ3n) is 2.70. The van der Waals surface area contributed by atoms with Crippen LogP contribution >= 0.6 is 0 Å². The van der Waals surface area contributed by atoms with E-state index in [4.69, 9.17) is 4.74 Å². The van der Waals surface area contributed by atoms with E-state index < -0.39 is 0 Å². The number of amides is 1. The SMILES string of the molecule is CN1CC/C(=C\C2=CCOCC2)C1=O. The van der Waals surface area contributed by atoms with Crippen LogP contribution in [0.3, 0.4) is 0 Å². The normalized spacial score (nSPS) is 25.8. The highest BCUT2D eigenvalue weighted by Gasteiger charge is 2.22. The fourth-order valence-electron chi connectivity index (χ4n) is 1.77. The summed E-state index contributed by atoms with van der Waals surface area (Å²) in [5.74, 6) is 0.178. The Labute approximate surface area is 84.0 Å². The number of carbonyl (C=O) groups is 1. The van der Waals surface area contributed by atoms with E-state index in [0.29, 0.717) is 6.61 Å². The maximum atomic E-state index is 11.6. The predicted octanol–water partition coefficient (Wildman–Crippen LogP) is 1.12. The molecule has 0 saturated carbocycles. The predicted molar refractivity (Wildman–Crippen MR) is 53.9 cm³/mol. The summed E-state index contributed by atoms with van der Waals surface area (Å²) in [5, 5.41) is 0. The topological polar surface area (TPSA) is 29.5 Å². The maximum absolute atomic E-state index is 11.6.